The van der Waals surface area contributed by atoms with Gasteiger partial charge in [-0.2, -0.15) is 0 Å². The highest BCUT2D eigenvalue weighted by molar-refractivity contribution is 8.00. The zero-order chi connectivity index (χ0) is 18.4. The molecule has 0 spiro atoms. The first-order valence-corrected chi connectivity index (χ1v) is 10.2. The van der Waals surface area contributed by atoms with E-state index in [-0.39, 0.29) is 23.4 Å². The Morgan fingerprint density at radius 2 is 2.08 bits per heavy atom. The van der Waals surface area contributed by atoms with Gasteiger partial charge in [-0.1, -0.05) is 6.92 Å². The number of thioether (sulfide) groups is 1. The molecule has 1 aromatic rings. The summed E-state index contributed by atoms with van der Waals surface area (Å²) in [5, 5.41) is 3.36. The molecule has 0 fully saturated rings. The van der Waals surface area contributed by atoms with E-state index in [0.29, 0.717) is 23.1 Å². The molecule has 0 unspecified atom stereocenters. The predicted molar refractivity (Wildman–Crippen MR) is 99.4 cm³/mol. The lowest BCUT2D eigenvalue weighted by Gasteiger charge is -2.18. The summed E-state index contributed by atoms with van der Waals surface area (Å²) in [5.41, 5.74) is 1.49. The summed E-state index contributed by atoms with van der Waals surface area (Å²) in [6, 6.07) is 0. The van der Waals surface area contributed by atoms with Gasteiger partial charge in [0.05, 0.1) is 30.8 Å². The summed E-state index contributed by atoms with van der Waals surface area (Å²) < 4.78 is 9.72. The minimum absolute atomic E-state index is 0.123. The van der Waals surface area contributed by atoms with Crippen molar-refractivity contribution in [3.8, 4) is 0 Å². The summed E-state index contributed by atoms with van der Waals surface area (Å²) in [5.74, 6) is -0.175. The fourth-order valence-electron chi connectivity index (χ4n) is 2.75. The van der Waals surface area contributed by atoms with Crippen molar-refractivity contribution in [1.82, 2.24) is 0 Å². The molecule has 1 aromatic heterocycles. The summed E-state index contributed by atoms with van der Waals surface area (Å²) >= 11 is 2.64. The van der Waals surface area contributed by atoms with Crippen LogP contribution in [-0.4, -0.2) is 43.1 Å². The molecule has 0 aliphatic heterocycles. The van der Waals surface area contributed by atoms with Gasteiger partial charge < -0.3 is 14.8 Å². The summed E-state index contributed by atoms with van der Waals surface area (Å²) in [6.45, 7) is 4.25. The van der Waals surface area contributed by atoms with Gasteiger partial charge in [-0.3, -0.25) is 9.59 Å². The van der Waals surface area contributed by atoms with Crippen molar-refractivity contribution in [3.63, 3.8) is 0 Å². The molecule has 8 heteroatoms. The third-order valence-electron chi connectivity index (χ3n) is 3.91. The number of anilines is 1. The normalized spacial score (nSPS) is 16.0. The number of hydrogen-bond acceptors (Lipinski definition) is 7. The highest BCUT2D eigenvalue weighted by Gasteiger charge is 2.28. The Balaban J connectivity index is 2.04. The SMILES string of the molecule is CCOC(=O)CSCC(=O)Nc1sc2c(c1C(=O)OC)CC[C@H](C)C2. The number of carbonyl (C=O) groups excluding carboxylic acids is 3. The Morgan fingerprint density at radius 1 is 1.32 bits per heavy atom. The molecular formula is C17H23NO5S2. The van der Waals surface area contributed by atoms with Gasteiger partial charge in [0.1, 0.15) is 5.00 Å². The maximum Gasteiger partial charge on any atom is 0.341 e. The van der Waals surface area contributed by atoms with Crippen molar-refractivity contribution in [1.29, 1.82) is 0 Å². The van der Waals surface area contributed by atoms with Crippen LogP contribution in [-0.2, 0) is 31.9 Å². The number of esters is 2. The number of nitrogens with one attached hydrogen (secondary N) is 1. The fourth-order valence-corrected chi connectivity index (χ4v) is 4.77. The van der Waals surface area contributed by atoms with E-state index in [1.165, 1.54) is 30.2 Å². The molecule has 25 heavy (non-hydrogen) atoms. The van der Waals surface area contributed by atoms with E-state index in [4.69, 9.17) is 9.47 Å². The standard InChI is InChI=1S/C17H23NO5S2/c1-4-23-14(20)9-24-8-13(19)18-16-15(17(21)22-3)11-6-5-10(2)7-12(11)25-16/h10H,4-9H2,1-3H3,(H,18,19)/t10-/m0/s1. The number of methoxy groups -OCH3 is 1. The number of fused-ring (bicyclic) bond motifs is 1. The molecule has 138 valence electrons. The summed E-state index contributed by atoms with van der Waals surface area (Å²) in [4.78, 5) is 36.8. The maximum absolute atomic E-state index is 12.2. The first kappa shape index (κ1) is 19.8. The van der Waals surface area contributed by atoms with E-state index in [1.54, 1.807) is 6.92 Å². The number of thiophene rings is 1. The van der Waals surface area contributed by atoms with Crippen molar-refractivity contribution in [2.45, 2.75) is 33.1 Å². The Labute approximate surface area is 155 Å². The molecule has 1 N–H and O–H groups in total. The van der Waals surface area contributed by atoms with Gasteiger partial charge in [0, 0.05) is 4.88 Å². The highest BCUT2D eigenvalue weighted by atomic mass is 32.2. The van der Waals surface area contributed by atoms with Crippen LogP contribution in [0, 0.1) is 5.92 Å². The number of amides is 1. The molecule has 0 saturated carbocycles. The molecule has 0 aromatic carbocycles. The molecule has 1 aliphatic carbocycles. The Bertz CT molecular complexity index is 656. The van der Waals surface area contributed by atoms with E-state index in [1.807, 2.05) is 0 Å². The average Bonchev–Trinajstić information content (AvgIpc) is 2.91. The van der Waals surface area contributed by atoms with E-state index in [0.717, 1.165) is 29.7 Å². The minimum Gasteiger partial charge on any atom is -0.465 e. The molecular weight excluding hydrogens is 362 g/mol. The molecule has 0 saturated heterocycles. The van der Waals surface area contributed by atoms with Crippen LogP contribution in [0.2, 0.25) is 0 Å². The second-order valence-electron chi connectivity index (χ2n) is 5.89. The van der Waals surface area contributed by atoms with Gasteiger partial charge in [-0.05, 0) is 37.7 Å². The third-order valence-corrected chi connectivity index (χ3v) is 5.99. The number of carbonyl (C=O) groups is 3. The molecule has 1 heterocycles. The molecule has 0 bridgehead atoms. The summed E-state index contributed by atoms with van der Waals surface area (Å²) in [7, 11) is 1.35. The molecule has 1 amide bonds. The van der Waals surface area contributed by atoms with E-state index >= 15 is 0 Å². The highest BCUT2D eigenvalue weighted by Crippen LogP contribution is 2.40. The number of ether oxygens (including phenoxy) is 2. The van der Waals surface area contributed by atoms with E-state index in [9.17, 15) is 14.4 Å². The van der Waals surface area contributed by atoms with Crippen LogP contribution in [0.1, 0.15) is 41.1 Å². The van der Waals surface area contributed by atoms with Gasteiger partial charge in [-0.15, -0.1) is 23.1 Å². The van der Waals surface area contributed by atoms with Gasteiger partial charge in [0.25, 0.3) is 0 Å². The Kier molecular flexibility index (Phi) is 7.31. The first-order valence-electron chi connectivity index (χ1n) is 8.22. The zero-order valence-corrected chi connectivity index (χ0v) is 16.3. The van der Waals surface area contributed by atoms with Gasteiger partial charge in [-0.25, -0.2) is 4.79 Å². The van der Waals surface area contributed by atoms with Crippen LogP contribution in [0.4, 0.5) is 5.00 Å². The topological polar surface area (TPSA) is 81.7 Å². The smallest absolute Gasteiger partial charge is 0.341 e. The maximum atomic E-state index is 12.2. The van der Waals surface area contributed by atoms with Crippen molar-refractivity contribution < 1.29 is 23.9 Å². The van der Waals surface area contributed by atoms with Crippen LogP contribution in [0.15, 0.2) is 0 Å². The monoisotopic (exact) mass is 385 g/mol. The zero-order valence-electron chi connectivity index (χ0n) is 14.7. The lowest BCUT2D eigenvalue weighted by Crippen LogP contribution is -2.18. The quantitative estimate of drug-likeness (QED) is 0.727. The number of rotatable bonds is 7. The van der Waals surface area contributed by atoms with Crippen molar-refractivity contribution in [3.05, 3.63) is 16.0 Å². The molecule has 1 atom stereocenters. The molecule has 2 rings (SSSR count). The Hall–Kier alpha value is -1.54. The second-order valence-corrected chi connectivity index (χ2v) is 7.98. The van der Waals surface area contributed by atoms with E-state index in [2.05, 4.69) is 12.2 Å². The van der Waals surface area contributed by atoms with Gasteiger partial charge >= 0.3 is 11.9 Å². The lowest BCUT2D eigenvalue weighted by molar-refractivity contribution is -0.139. The van der Waals surface area contributed by atoms with Crippen LogP contribution in [0.25, 0.3) is 0 Å². The van der Waals surface area contributed by atoms with Crippen molar-refractivity contribution in [2.75, 3.05) is 30.5 Å². The minimum atomic E-state index is -0.415. The number of hydrogen-bond donors (Lipinski definition) is 1. The molecule has 6 nitrogen and oxygen atoms in total. The van der Waals surface area contributed by atoms with E-state index < -0.39 is 5.97 Å². The van der Waals surface area contributed by atoms with Crippen molar-refractivity contribution in [2.24, 2.45) is 5.92 Å². The van der Waals surface area contributed by atoms with Crippen LogP contribution >= 0.6 is 23.1 Å². The predicted octanol–water partition coefficient (Wildman–Crippen LogP) is 2.89. The van der Waals surface area contributed by atoms with Gasteiger partial charge in [0.2, 0.25) is 5.91 Å². The third kappa shape index (κ3) is 5.22. The van der Waals surface area contributed by atoms with Crippen molar-refractivity contribution >= 4 is 45.9 Å². The van der Waals surface area contributed by atoms with Crippen LogP contribution < -0.4 is 5.32 Å². The fraction of sp³-hybridized carbons (Fsp3) is 0.588. The Morgan fingerprint density at radius 3 is 2.76 bits per heavy atom. The molecule has 1 aliphatic rings. The molecule has 0 radical (unpaired) electrons. The second kappa shape index (κ2) is 9.24. The van der Waals surface area contributed by atoms with Crippen LogP contribution in [0.5, 0.6) is 0 Å². The lowest BCUT2D eigenvalue weighted by atomic mass is 9.88. The first-order chi connectivity index (χ1) is 12.0. The van der Waals surface area contributed by atoms with Gasteiger partial charge in [0.15, 0.2) is 0 Å². The average molecular weight is 386 g/mol. The summed E-state index contributed by atoms with van der Waals surface area (Å²) in [6.07, 6.45) is 2.76. The largest absolute Gasteiger partial charge is 0.465 e. The van der Waals surface area contributed by atoms with Crippen LogP contribution in [0.3, 0.4) is 0 Å².